The zero-order valence-electron chi connectivity index (χ0n) is 31.7. The van der Waals surface area contributed by atoms with Crippen LogP contribution in [0.25, 0.3) is 0 Å². The minimum Gasteiger partial charge on any atom is -0.477 e. The molecule has 4 aliphatic rings. The van der Waals surface area contributed by atoms with Gasteiger partial charge in [0.15, 0.2) is 18.9 Å². The Kier molecular flexibility index (Phi) is 18.9. The Bertz CT molecular complexity index is 1280. The molecular weight excluding hydrogens is 808 g/mol. The topological polar surface area (TPSA) is 446 Å². The molecule has 26 heteroatoms. The number of nitrogens with two attached hydrogens (primary N) is 2. The van der Waals surface area contributed by atoms with Crippen molar-refractivity contribution in [2.45, 2.75) is 160 Å². The van der Waals surface area contributed by atoms with E-state index in [9.17, 15) is 81.4 Å². The van der Waals surface area contributed by atoms with Crippen molar-refractivity contribution in [3.63, 3.8) is 0 Å². The number of aliphatic hydroxyl groups is 14. The molecule has 346 valence electrons. The fraction of sp³-hybridized carbons (Fsp3) is 0.970. The molecule has 0 amide bonds. The van der Waals surface area contributed by atoms with E-state index in [1.807, 2.05) is 0 Å². The average molecular weight is 869 g/mol. The molecule has 0 aromatic carbocycles. The second-order valence-electron chi connectivity index (χ2n) is 14.8. The van der Waals surface area contributed by atoms with Crippen LogP contribution in [0.5, 0.6) is 0 Å². The Morgan fingerprint density at radius 3 is 1.78 bits per heavy atom. The van der Waals surface area contributed by atoms with Crippen LogP contribution in [-0.4, -0.2) is 257 Å². The molecular formula is C33H60N2O24. The van der Waals surface area contributed by atoms with Gasteiger partial charge in [0.2, 0.25) is 0 Å². The van der Waals surface area contributed by atoms with Crippen LogP contribution in [0.15, 0.2) is 0 Å². The molecule has 0 saturated carbocycles. The van der Waals surface area contributed by atoms with Gasteiger partial charge < -0.3 is 126 Å². The van der Waals surface area contributed by atoms with Crippen molar-refractivity contribution in [3.8, 4) is 0 Å². The molecule has 4 heterocycles. The lowest BCUT2D eigenvalue weighted by molar-refractivity contribution is -0.398. The first-order chi connectivity index (χ1) is 27.9. The Hall–Kier alpha value is -1.49. The van der Waals surface area contributed by atoms with Gasteiger partial charge in [-0.1, -0.05) is 0 Å². The van der Waals surface area contributed by atoms with Crippen LogP contribution in [0, 0.1) is 0 Å². The summed E-state index contributed by atoms with van der Waals surface area (Å²) in [6.07, 6.45) is -38.6. The summed E-state index contributed by atoms with van der Waals surface area (Å²) in [7, 11) is 0. The molecule has 0 radical (unpaired) electrons. The van der Waals surface area contributed by atoms with Crippen molar-refractivity contribution < 1.29 is 119 Å². The van der Waals surface area contributed by atoms with E-state index < -0.39 is 173 Å². The van der Waals surface area contributed by atoms with E-state index in [2.05, 4.69) is 0 Å². The lowest BCUT2D eigenvalue weighted by atomic mass is 9.91. The molecule has 0 aromatic rings. The first-order valence-electron chi connectivity index (χ1n) is 19.1. The molecule has 26 nitrogen and oxygen atoms in total. The van der Waals surface area contributed by atoms with Crippen LogP contribution in [0.3, 0.4) is 0 Å². The normalized spacial score (nSPS) is 44.8. The van der Waals surface area contributed by atoms with Crippen LogP contribution in [-0.2, 0) is 42.7 Å². The van der Waals surface area contributed by atoms with E-state index in [1.165, 1.54) is 0 Å². The molecule has 4 fully saturated rings. The second kappa shape index (κ2) is 22.2. The van der Waals surface area contributed by atoms with E-state index in [-0.39, 0.29) is 6.61 Å². The number of carboxylic acid groups (broad SMARTS) is 1. The first-order valence-corrected chi connectivity index (χ1v) is 19.1. The Balaban J connectivity index is 1.66. The third kappa shape index (κ3) is 11.2. The summed E-state index contributed by atoms with van der Waals surface area (Å²) in [4.78, 5) is 12.5. The standard InChI is InChI=1S/C33H60N2O24/c34-4-2-1-3-5-52-33(32(50)51)6-11(40)25(26(59-33)14(43)9-38)56-30-22(49)27(21(48)24(54-30)13(42)8-37)57-31-28(20(47)19(46)23(55-31)12(41)7-36)58-29-16(35)18(45)17(44)15(10-39)53-29/h11-31,36-49H,1-10,34-35H2,(H,50,51)/t11-,12+,13+,14-,15?,16?,17-,18+,19+,20?,21-,22-,23+,24?,25-,26?,27?,28?,29-,30-,31-,33-/m1/s1. The van der Waals surface area contributed by atoms with Crippen LogP contribution in [0.4, 0.5) is 0 Å². The van der Waals surface area contributed by atoms with Gasteiger partial charge in [-0.25, -0.2) is 4.79 Å². The average Bonchev–Trinajstić information content (AvgIpc) is 3.22. The van der Waals surface area contributed by atoms with Gasteiger partial charge in [-0.2, -0.15) is 0 Å². The van der Waals surface area contributed by atoms with Crippen LogP contribution in [0.1, 0.15) is 25.7 Å². The van der Waals surface area contributed by atoms with Gasteiger partial charge in [0.05, 0.1) is 45.2 Å². The van der Waals surface area contributed by atoms with Crippen molar-refractivity contribution >= 4 is 5.97 Å². The Morgan fingerprint density at radius 2 is 1.20 bits per heavy atom. The first kappa shape index (κ1) is 50.2. The van der Waals surface area contributed by atoms with E-state index in [4.69, 9.17) is 49.4 Å². The van der Waals surface area contributed by atoms with Gasteiger partial charge in [-0.3, -0.25) is 0 Å². The largest absolute Gasteiger partial charge is 0.477 e. The zero-order chi connectivity index (χ0) is 43.9. The van der Waals surface area contributed by atoms with E-state index in [0.29, 0.717) is 25.8 Å². The maximum atomic E-state index is 12.5. The number of carbonyl (C=O) groups is 1. The number of rotatable bonds is 20. The molecule has 4 rings (SSSR count). The molecule has 4 aliphatic heterocycles. The van der Waals surface area contributed by atoms with E-state index >= 15 is 0 Å². The number of hydrogen-bond donors (Lipinski definition) is 17. The second-order valence-corrected chi connectivity index (χ2v) is 14.8. The highest BCUT2D eigenvalue weighted by Gasteiger charge is 2.59. The number of aliphatic carboxylic acids is 1. The van der Waals surface area contributed by atoms with Crippen LogP contribution >= 0.6 is 0 Å². The summed E-state index contributed by atoms with van der Waals surface area (Å²) in [5, 5.41) is 158. The summed E-state index contributed by atoms with van der Waals surface area (Å²) in [6, 6.07) is -1.59. The summed E-state index contributed by atoms with van der Waals surface area (Å²) in [5.74, 6) is -4.28. The van der Waals surface area contributed by atoms with E-state index in [1.54, 1.807) is 0 Å². The molecule has 59 heavy (non-hydrogen) atoms. The summed E-state index contributed by atoms with van der Waals surface area (Å²) >= 11 is 0. The summed E-state index contributed by atoms with van der Waals surface area (Å²) in [6.45, 7) is -3.87. The minimum atomic E-state index is -2.57. The SMILES string of the molecule is NCCCCCO[C@]1(C(=O)O)C[C@@H](O)[C@@H](O[C@H]2OC([C@@H](O)CO)[C@@H](O)C(O[C@H]3O[C@@H]([C@@H](O)CO)[C@@H](O)C(O)C3O[C@H]3OC(CO)[C@@H](O)[C@@H](O)C3N)[C@H]2O)C([C@H](O)CO)O1. The molecule has 0 bridgehead atoms. The van der Waals surface area contributed by atoms with Crippen LogP contribution < -0.4 is 11.5 Å². The molecule has 0 aliphatic carbocycles. The van der Waals surface area contributed by atoms with Gasteiger partial charge in [0, 0.05) is 6.42 Å². The molecule has 19 N–H and O–H groups in total. The Morgan fingerprint density at radius 1 is 0.644 bits per heavy atom. The molecule has 4 saturated heterocycles. The fourth-order valence-electron chi connectivity index (χ4n) is 7.25. The van der Waals surface area contributed by atoms with E-state index in [0.717, 1.165) is 0 Å². The monoisotopic (exact) mass is 868 g/mol. The minimum absolute atomic E-state index is 0.187. The predicted octanol–water partition coefficient (Wildman–Crippen LogP) is -10.1. The fourth-order valence-corrected chi connectivity index (χ4v) is 7.25. The smallest absolute Gasteiger partial charge is 0.364 e. The van der Waals surface area contributed by atoms with Gasteiger partial charge in [-0.15, -0.1) is 0 Å². The van der Waals surface area contributed by atoms with Gasteiger partial charge in [0.1, 0.15) is 97.7 Å². The highest BCUT2D eigenvalue weighted by atomic mass is 16.8. The number of ether oxygens (including phenoxy) is 8. The lowest BCUT2D eigenvalue weighted by Crippen LogP contribution is -2.69. The van der Waals surface area contributed by atoms with Gasteiger partial charge in [0.25, 0.3) is 5.79 Å². The summed E-state index contributed by atoms with van der Waals surface area (Å²) < 4.78 is 45.4. The van der Waals surface area contributed by atoms with Gasteiger partial charge >= 0.3 is 5.97 Å². The number of carboxylic acids is 1. The zero-order valence-corrected chi connectivity index (χ0v) is 31.7. The molecule has 0 aromatic heterocycles. The third-order valence-electron chi connectivity index (χ3n) is 10.7. The quantitative estimate of drug-likeness (QED) is 0.0505. The maximum absolute atomic E-state index is 12.5. The number of aliphatic hydroxyl groups excluding tert-OH is 14. The number of hydrogen-bond acceptors (Lipinski definition) is 25. The maximum Gasteiger partial charge on any atom is 0.364 e. The summed E-state index contributed by atoms with van der Waals surface area (Å²) in [5.41, 5.74) is 11.5. The highest BCUT2D eigenvalue weighted by molar-refractivity contribution is 5.76. The number of unbranched alkanes of at least 4 members (excludes halogenated alkanes) is 2. The van der Waals surface area contributed by atoms with Crippen molar-refractivity contribution in [1.82, 2.24) is 0 Å². The van der Waals surface area contributed by atoms with Crippen molar-refractivity contribution in [2.24, 2.45) is 11.5 Å². The molecule has 22 atom stereocenters. The lowest BCUT2D eigenvalue weighted by Gasteiger charge is -2.51. The van der Waals surface area contributed by atoms with Crippen molar-refractivity contribution in [3.05, 3.63) is 0 Å². The van der Waals surface area contributed by atoms with Crippen LogP contribution in [0.2, 0.25) is 0 Å². The predicted molar refractivity (Wildman–Crippen MR) is 186 cm³/mol. The molecule has 0 spiro atoms. The van der Waals surface area contributed by atoms with Crippen molar-refractivity contribution in [1.29, 1.82) is 0 Å². The third-order valence-corrected chi connectivity index (χ3v) is 10.7. The highest BCUT2D eigenvalue weighted by Crippen LogP contribution is 2.38. The molecule has 7 unspecified atom stereocenters. The van der Waals surface area contributed by atoms with Gasteiger partial charge in [-0.05, 0) is 25.8 Å². The van der Waals surface area contributed by atoms with Crippen molar-refractivity contribution in [2.75, 3.05) is 39.6 Å². The Labute approximate surface area is 336 Å².